The van der Waals surface area contributed by atoms with Crippen molar-refractivity contribution in [3.8, 4) is 0 Å². The van der Waals surface area contributed by atoms with Crippen molar-refractivity contribution in [2.75, 3.05) is 0 Å². The molecule has 0 saturated carbocycles. The van der Waals surface area contributed by atoms with Gasteiger partial charge in [-0.15, -0.1) is 0 Å². The van der Waals surface area contributed by atoms with Crippen molar-refractivity contribution in [2.24, 2.45) is 0 Å². The number of hydrogen-bond donors (Lipinski definition) is 2. The number of nitrogens with zero attached hydrogens (tertiary/aromatic N) is 3. The Kier molecular flexibility index (Phi) is 5.40. The number of rotatable bonds is 3. The lowest BCUT2D eigenvalue weighted by molar-refractivity contribution is -0.149. The molecule has 2 unspecified atom stereocenters. The number of H-pyrrole nitrogens is 1. The Morgan fingerprint density at radius 3 is 2.72 bits per heavy atom. The van der Waals surface area contributed by atoms with Gasteiger partial charge in [0.25, 0.3) is 11.8 Å². The molecule has 3 heterocycles. The maximum Gasteiger partial charge on any atom is 0.408 e. The van der Waals surface area contributed by atoms with Gasteiger partial charge in [-0.25, -0.2) is 4.39 Å². The highest BCUT2D eigenvalue weighted by Gasteiger charge is 2.38. The number of benzene rings is 1. The highest BCUT2D eigenvalue weighted by Crippen LogP contribution is 2.27. The van der Waals surface area contributed by atoms with Gasteiger partial charge in [-0.1, -0.05) is 11.6 Å². The first-order valence-electron chi connectivity index (χ1n) is 9.66. The summed E-state index contributed by atoms with van der Waals surface area (Å²) in [4.78, 5) is 30.0. The third-order valence-corrected chi connectivity index (χ3v) is 5.76. The molecule has 1 aliphatic heterocycles. The molecule has 0 spiro atoms. The van der Waals surface area contributed by atoms with Crippen molar-refractivity contribution in [2.45, 2.75) is 45.2 Å². The number of carbonyl (C=O) groups excluding carboxylic acids is 2. The topological polar surface area (TPSA) is 83.0 Å². The molecule has 3 aromatic rings. The number of amides is 2. The summed E-state index contributed by atoms with van der Waals surface area (Å²) in [5, 5.41) is 6.38. The van der Waals surface area contributed by atoms with Crippen LogP contribution < -0.4 is 5.32 Å². The SMILES string of the molecule is CC1Cn2ncc(C(=O)NC(C)C(F)(F)F)c2CN1C(=O)c1cc2cc(F)c(Cl)cc2[nH]1. The average Bonchev–Trinajstić information content (AvgIpc) is 3.30. The van der Waals surface area contributed by atoms with E-state index in [2.05, 4.69) is 10.1 Å². The van der Waals surface area contributed by atoms with Gasteiger partial charge in [-0.3, -0.25) is 14.3 Å². The predicted molar refractivity (Wildman–Crippen MR) is 108 cm³/mol. The van der Waals surface area contributed by atoms with Crippen LogP contribution in [0.4, 0.5) is 17.6 Å². The quantitative estimate of drug-likeness (QED) is 0.569. The summed E-state index contributed by atoms with van der Waals surface area (Å²) in [5.74, 6) is -1.95. The van der Waals surface area contributed by atoms with E-state index < -0.39 is 29.8 Å². The minimum Gasteiger partial charge on any atom is -0.350 e. The lowest BCUT2D eigenvalue weighted by Crippen LogP contribution is -2.46. The molecule has 0 saturated heterocycles. The van der Waals surface area contributed by atoms with E-state index in [0.29, 0.717) is 16.6 Å². The molecular weight excluding hydrogens is 454 g/mol. The van der Waals surface area contributed by atoms with Crippen LogP contribution in [0.15, 0.2) is 24.4 Å². The molecule has 7 nitrogen and oxygen atoms in total. The summed E-state index contributed by atoms with van der Waals surface area (Å²) in [6.45, 7) is 2.85. The van der Waals surface area contributed by atoms with E-state index in [1.807, 2.05) is 5.32 Å². The number of hydrogen-bond acceptors (Lipinski definition) is 3. The number of fused-ring (bicyclic) bond motifs is 2. The van der Waals surface area contributed by atoms with Crippen molar-refractivity contribution in [3.63, 3.8) is 0 Å². The molecule has 0 radical (unpaired) electrons. The first-order valence-corrected chi connectivity index (χ1v) is 10.0. The maximum atomic E-state index is 13.7. The molecule has 0 aliphatic carbocycles. The van der Waals surface area contributed by atoms with E-state index in [1.165, 1.54) is 34.0 Å². The van der Waals surface area contributed by atoms with Gasteiger partial charge in [0.2, 0.25) is 0 Å². The molecule has 2 amide bonds. The second-order valence-corrected chi connectivity index (χ2v) is 8.15. The first kappa shape index (κ1) is 22.1. The summed E-state index contributed by atoms with van der Waals surface area (Å²) >= 11 is 5.79. The monoisotopic (exact) mass is 471 g/mol. The van der Waals surface area contributed by atoms with E-state index >= 15 is 0 Å². The van der Waals surface area contributed by atoms with E-state index in [9.17, 15) is 27.2 Å². The first-order chi connectivity index (χ1) is 15.0. The molecule has 170 valence electrons. The fourth-order valence-electron chi connectivity index (χ4n) is 3.62. The molecule has 1 aromatic carbocycles. The minimum absolute atomic E-state index is 0.0312. The van der Waals surface area contributed by atoms with E-state index in [-0.39, 0.29) is 35.4 Å². The van der Waals surface area contributed by atoms with Crippen LogP contribution >= 0.6 is 11.6 Å². The Morgan fingerprint density at radius 1 is 1.31 bits per heavy atom. The minimum atomic E-state index is -4.59. The van der Waals surface area contributed by atoms with E-state index in [1.54, 1.807) is 6.92 Å². The number of aromatic amines is 1. The number of alkyl halides is 3. The standard InChI is InChI=1S/C20H18ClF4N5O2/c1-9-7-30-17(12(6-26-30)18(31)27-10(2)20(23,24)25)8-29(9)19(32)16-4-11-3-14(22)13(21)5-15(11)28-16/h3-6,9-10,28H,7-8H2,1-2H3,(H,27,31). The Bertz CT molecular complexity index is 1180. The van der Waals surface area contributed by atoms with E-state index in [4.69, 9.17) is 11.6 Å². The number of carbonyl (C=O) groups is 2. The number of nitrogens with one attached hydrogen (secondary N) is 2. The summed E-state index contributed by atoms with van der Waals surface area (Å²) in [7, 11) is 0. The molecule has 4 rings (SSSR count). The predicted octanol–water partition coefficient (Wildman–Crippen LogP) is 3.88. The third kappa shape index (κ3) is 3.92. The highest BCUT2D eigenvalue weighted by atomic mass is 35.5. The number of halogens is 5. The Balaban J connectivity index is 1.60. The second kappa shape index (κ2) is 7.80. The smallest absolute Gasteiger partial charge is 0.350 e. The van der Waals surface area contributed by atoms with Crippen LogP contribution in [-0.4, -0.2) is 49.7 Å². The van der Waals surface area contributed by atoms with Gasteiger partial charge in [-0.05, 0) is 32.0 Å². The van der Waals surface area contributed by atoms with Gasteiger partial charge < -0.3 is 15.2 Å². The summed E-state index contributed by atoms with van der Waals surface area (Å²) in [6, 6.07) is 1.73. The van der Waals surface area contributed by atoms with Gasteiger partial charge in [0.15, 0.2) is 0 Å². The van der Waals surface area contributed by atoms with Gasteiger partial charge in [0.1, 0.15) is 17.6 Å². The number of aromatic nitrogens is 3. The summed E-state index contributed by atoms with van der Waals surface area (Å²) in [6.07, 6.45) is -3.39. The summed E-state index contributed by atoms with van der Waals surface area (Å²) in [5.41, 5.74) is 0.971. The average molecular weight is 472 g/mol. The fourth-order valence-corrected chi connectivity index (χ4v) is 3.78. The molecule has 2 N–H and O–H groups in total. The normalized spacial score (nSPS) is 17.3. The Morgan fingerprint density at radius 2 is 2.03 bits per heavy atom. The Hall–Kier alpha value is -3.08. The van der Waals surface area contributed by atoms with Gasteiger partial charge >= 0.3 is 6.18 Å². The third-order valence-electron chi connectivity index (χ3n) is 5.47. The zero-order valence-corrected chi connectivity index (χ0v) is 17.7. The molecule has 0 fully saturated rings. The zero-order valence-electron chi connectivity index (χ0n) is 16.9. The molecule has 1 aliphatic rings. The Labute approximate surface area is 184 Å². The van der Waals surface area contributed by atoms with Crippen molar-refractivity contribution in [1.29, 1.82) is 0 Å². The fraction of sp³-hybridized carbons (Fsp3) is 0.350. The van der Waals surface area contributed by atoms with Crippen molar-refractivity contribution in [3.05, 3.63) is 52.2 Å². The molecule has 2 aromatic heterocycles. The van der Waals surface area contributed by atoms with Crippen molar-refractivity contribution in [1.82, 2.24) is 25.0 Å². The van der Waals surface area contributed by atoms with Crippen LogP contribution in [0.3, 0.4) is 0 Å². The molecular formula is C20H18ClF4N5O2. The van der Waals surface area contributed by atoms with Crippen LogP contribution in [0.25, 0.3) is 10.9 Å². The summed E-state index contributed by atoms with van der Waals surface area (Å²) < 4.78 is 53.7. The van der Waals surface area contributed by atoms with Crippen LogP contribution in [-0.2, 0) is 13.1 Å². The highest BCUT2D eigenvalue weighted by molar-refractivity contribution is 6.31. The lowest BCUT2D eigenvalue weighted by Gasteiger charge is -2.34. The molecule has 12 heteroatoms. The van der Waals surface area contributed by atoms with Gasteiger partial charge in [0.05, 0.1) is 35.6 Å². The molecule has 2 atom stereocenters. The molecule has 32 heavy (non-hydrogen) atoms. The van der Waals surface area contributed by atoms with Crippen molar-refractivity contribution >= 4 is 34.3 Å². The maximum absolute atomic E-state index is 13.7. The van der Waals surface area contributed by atoms with Crippen LogP contribution in [0, 0.1) is 5.82 Å². The van der Waals surface area contributed by atoms with Crippen molar-refractivity contribution < 1.29 is 27.2 Å². The van der Waals surface area contributed by atoms with E-state index in [0.717, 1.165) is 6.92 Å². The van der Waals surface area contributed by atoms with Crippen LogP contribution in [0.2, 0.25) is 5.02 Å². The zero-order chi connectivity index (χ0) is 23.4. The molecule has 0 bridgehead atoms. The lowest BCUT2D eigenvalue weighted by atomic mass is 10.1. The van der Waals surface area contributed by atoms with Crippen LogP contribution in [0.5, 0.6) is 0 Å². The largest absolute Gasteiger partial charge is 0.408 e. The second-order valence-electron chi connectivity index (χ2n) is 7.74. The van der Waals surface area contributed by atoms with Gasteiger partial charge in [-0.2, -0.15) is 18.3 Å². The van der Waals surface area contributed by atoms with Crippen LogP contribution in [0.1, 0.15) is 40.4 Å². The van der Waals surface area contributed by atoms with Gasteiger partial charge in [0, 0.05) is 16.9 Å².